The molecule has 0 fully saturated rings. The third kappa shape index (κ3) is 3.18. The monoisotopic (exact) mass is 336 g/mol. The summed E-state index contributed by atoms with van der Waals surface area (Å²) in [6, 6.07) is 11.8. The maximum absolute atomic E-state index is 12.3. The van der Waals surface area contributed by atoms with Crippen molar-refractivity contribution < 1.29 is 14.3 Å². The Morgan fingerprint density at radius 1 is 1.16 bits per heavy atom. The molecule has 3 rings (SSSR count). The van der Waals surface area contributed by atoms with Gasteiger partial charge in [0.2, 0.25) is 0 Å². The van der Waals surface area contributed by atoms with Gasteiger partial charge in [-0.3, -0.25) is 4.79 Å². The second-order valence-corrected chi connectivity index (χ2v) is 6.12. The SMILES string of the molecule is COC(=O)[C@@H](CC=O)c1c(-c2ccc(C)cc2)nc2ccc(C)cn12. The zero-order valence-electron chi connectivity index (χ0n) is 14.5. The van der Waals surface area contributed by atoms with Crippen LogP contribution in [0.15, 0.2) is 42.6 Å². The van der Waals surface area contributed by atoms with E-state index in [2.05, 4.69) is 0 Å². The van der Waals surface area contributed by atoms with Crippen LogP contribution in [0.25, 0.3) is 16.9 Å². The molecule has 2 heterocycles. The number of imidazole rings is 1. The van der Waals surface area contributed by atoms with Crippen molar-refractivity contribution in [2.24, 2.45) is 0 Å². The number of ether oxygens (including phenoxy) is 1. The van der Waals surface area contributed by atoms with Crippen molar-refractivity contribution in [3.63, 3.8) is 0 Å². The molecule has 0 aliphatic rings. The number of aryl methyl sites for hydroxylation is 2. The normalized spacial score (nSPS) is 12.1. The highest BCUT2D eigenvalue weighted by Gasteiger charge is 2.29. The summed E-state index contributed by atoms with van der Waals surface area (Å²) in [4.78, 5) is 28.2. The van der Waals surface area contributed by atoms with Crippen LogP contribution in [0.3, 0.4) is 0 Å². The minimum Gasteiger partial charge on any atom is -0.468 e. The fraction of sp³-hybridized carbons (Fsp3) is 0.250. The van der Waals surface area contributed by atoms with E-state index in [1.807, 2.05) is 60.8 Å². The van der Waals surface area contributed by atoms with Gasteiger partial charge in [0.15, 0.2) is 0 Å². The number of pyridine rings is 1. The fourth-order valence-corrected chi connectivity index (χ4v) is 2.98. The van der Waals surface area contributed by atoms with Gasteiger partial charge in [0, 0.05) is 18.2 Å². The van der Waals surface area contributed by atoms with E-state index in [1.165, 1.54) is 7.11 Å². The molecule has 0 N–H and O–H groups in total. The first kappa shape index (κ1) is 16.9. The first-order valence-corrected chi connectivity index (χ1v) is 8.12. The first-order chi connectivity index (χ1) is 12.0. The van der Waals surface area contributed by atoms with E-state index in [0.29, 0.717) is 11.4 Å². The average molecular weight is 336 g/mol. The van der Waals surface area contributed by atoms with Crippen molar-refractivity contribution in [3.8, 4) is 11.3 Å². The molecule has 128 valence electrons. The average Bonchev–Trinajstić information content (AvgIpc) is 2.98. The molecule has 2 aromatic heterocycles. The zero-order chi connectivity index (χ0) is 18.0. The van der Waals surface area contributed by atoms with Crippen LogP contribution < -0.4 is 0 Å². The first-order valence-electron chi connectivity index (χ1n) is 8.12. The van der Waals surface area contributed by atoms with Gasteiger partial charge < -0.3 is 13.9 Å². The van der Waals surface area contributed by atoms with Crippen LogP contribution >= 0.6 is 0 Å². The lowest BCUT2D eigenvalue weighted by atomic mass is 9.97. The number of hydrogen-bond donors (Lipinski definition) is 0. The third-order valence-electron chi connectivity index (χ3n) is 4.28. The molecule has 0 aliphatic heterocycles. The summed E-state index contributed by atoms with van der Waals surface area (Å²) in [6.45, 7) is 3.99. The molecular formula is C20H20N2O3. The molecule has 5 heteroatoms. The Bertz CT molecular complexity index is 926. The van der Waals surface area contributed by atoms with Gasteiger partial charge in [-0.2, -0.15) is 0 Å². The third-order valence-corrected chi connectivity index (χ3v) is 4.28. The number of methoxy groups -OCH3 is 1. The molecule has 25 heavy (non-hydrogen) atoms. The lowest BCUT2D eigenvalue weighted by molar-refractivity contribution is -0.143. The molecule has 0 saturated carbocycles. The number of hydrogen-bond acceptors (Lipinski definition) is 4. The van der Waals surface area contributed by atoms with Crippen molar-refractivity contribution >= 4 is 17.9 Å². The highest BCUT2D eigenvalue weighted by atomic mass is 16.5. The minimum atomic E-state index is -0.699. The number of carbonyl (C=O) groups excluding carboxylic acids is 2. The molecule has 0 unspecified atom stereocenters. The van der Waals surface area contributed by atoms with Crippen LogP contribution in [0.4, 0.5) is 0 Å². The molecule has 0 radical (unpaired) electrons. The van der Waals surface area contributed by atoms with Gasteiger partial charge in [-0.1, -0.05) is 35.9 Å². The Hall–Kier alpha value is -2.95. The lowest BCUT2D eigenvalue weighted by Crippen LogP contribution is -2.17. The predicted molar refractivity (Wildman–Crippen MR) is 95.5 cm³/mol. The van der Waals surface area contributed by atoms with E-state index >= 15 is 0 Å². The van der Waals surface area contributed by atoms with E-state index in [0.717, 1.165) is 28.6 Å². The quantitative estimate of drug-likeness (QED) is 0.529. The number of esters is 1. The van der Waals surface area contributed by atoms with Gasteiger partial charge in [0.05, 0.1) is 18.5 Å². The maximum atomic E-state index is 12.3. The summed E-state index contributed by atoms with van der Waals surface area (Å²) in [6.07, 6.45) is 2.72. The molecular weight excluding hydrogens is 316 g/mol. The van der Waals surface area contributed by atoms with E-state index in [1.54, 1.807) is 0 Å². The summed E-state index contributed by atoms with van der Waals surface area (Å²) in [5.41, 5.74) is 5.20. The van der Waals surface area contributed by atoms with Crippen molar-refractivity contribution in [1.29, 1.82) is 0 Å². The second kappa shape index (κ2) is 6.89. The maximum Gasteiger partial charge on any atom is 0.315 e. The number of aldehydes is 1. The topological polar surface area (TPSA) is 60.7 Å². The van der Waals surface area contributed by atoms with E-state index in [-0.39, 0.29) is 6.42 Å². The number of nitrogens with zero attached hydrogens (tertiary/aromatic N) is 2. The molecule has 1 atom stereocenters. The zero-order valence-corrected chi connectivity index (χ0v) is 14.5. The Kier molecular flexibility index (Phi) is 4.65. The van der Waals surface area contributed by atoms with E-state index in [9.17, 15) is 9.59 Å². The van der Waals surface area contributed by atoms with E-state index < -0.39 is 11.9 Å². The van der Waals surface area contributed by atoms with Gasteiger partial charge >= 0.3 is 5.97 Å². The van der Waals surface area contributed by atoms with Crippen LogP contribution in [0, 0.1) is 13.8 Å². The van der Waals surface area contributed by atoms with Crippen LogP contribution in [-0.4, -0.2) is 28.7 Å². The molecule has 1 aromatic carbocycles. The molecule has 0 saturated heterocycles. The predicted octanol–water partition coefficient (Wildman–Crippen LogP) is 3.46. The van der Waals surface area contributed by atoms with Gasteiger partial charge in [-0.05, 0) is 25.5 Å². The minimum absolute atomic E-state index is 0.0489. The molecule has 0 spiro atoms. The van der Waals surface area contributed by atoms with Crippen molar-refractivity contribution in [1.82, 2.24) is 9.38 Å². The molecule has 0 bridgehead atoms. The summed E-state index contributed by atoms with van der Waals surface area (Å²) in [7, 11) is 1.33. The van der Waals surface area contributed by atoms with Crippen molar-refractivity contribution in [2.45, 2.75) is 26.2 Å². The van der Waals surface area contributed by atoms with Gasteiger partial charge in [-0.15, -0.1) is 0 Å². The standard InChI is InChI=1S/C20H20N2O3/c1-13-4-7-15(8-5-13)18-19(16(10-11-23)20(24)25-3)22-12-14(2)6-9-17(22)21-18/h4-9,11-12,16H,10H2,1-3H3/t16-/m0/s1. The Morgan fingerprint density at radius 2 is 1.84 bits per heavy atom. The summed E-state index contributed by atoms with van der Waals surface area (Å²) >= 11 is 0. The van der Waals surface area contributed by atoms with Crippen LogP contribution in [0.2, 0.25) is 0 Å². The fourth-order valence-electron chi connectivity index (χ4n) is 2.98. The lowest BCUT2D eigenvalue weighted by Gasteiger charge is -2.14. The van der Waals surface area contributed by atoms with Gasteiger partial charge in [0.25, 0.3) is 0 Å². The highest BCUT2D eigenvalue weighted by molar-refractivity contribution is 5.84. The smallest absolute Gasteiger partial charge is 0.315 e. The summed E-state index contributed by atoms with van der Waals surface area (Å²) in [5, 5.41) is 0. The number of carbonyl (C=O) groups is 2. The Balaban J connectivity index is 2.30. The number of fused-ring (bicyclic) bond motifs is 1. The number of benzene rings is 1. The molecule has 3 aromatic rings. The van der Waals surface area contributed by atoms with Gasteiger partial charge in [0.1, 0.15) is 17.9 Å². The summed E-state index contributed by atoms with van der Waals surface area (Å²) < 4.78 is 6.82. The molecule has 0 amide bonds. The Labute approximate surface area is 146 Å². The molecule has 5 nitrogen and oxygen atoms in total. The Morgan fingerprint density at radius 3 is 2.48 bits per heavy atom. The van der Waals surface area contributed by atoms with Crippen LogP contribution in [0.5, 0.6) is 0 Å². The van der Waals surface area contributed by atoms with E-state index in [4.69, 9.17) is 9.72 Å². The largest absolute Gasteiger partial charge is 0.468 e. The van der Waals surface area contributed by atoms with Crippen molar-refractivity contribution in [3.05, 3.63) is 59.4 Å². The van der Waals surface area contributed by atoms with Crippen molar-refractivity contribution in [2.75, 3.05) is 7.11 Å². The summed E-state index contributed by atoms with van der Waals surface area (Å²) in [5.74, 6) is -1.14. The second-order valence-electron chi connectivity index (χ2n) is 6.12. The number of rotatable bonds is 5. The number of aromatic nitrogens is 2. The highest BCUT2D eigenvalue weighted by Crippen LogP contribution is 2.32. The molecule has 0 aliphatic carbocycles. The van der Waals surface area contributed by atoms with Gasteiger partial charge in [-0.25, -0.2) is 4.98 Å². The van der Waals surface area contributed by atoms with Crippen LogP contribution in [-0.2, 0) is 14.3 Å². The van der Waals surface area contributed by atoms with Crippen LogP contribution in [0.1, 0.15) is 29.2 Å².